The SMILES string of the molecule is Cc1oc2ccc(OCc3ccccc3F)cc2c1C(=O)NC1CCN(C(=O)OC(C)(C)C)CC1(F)F. The van der Waals surface area contributed by atoms with Crippen LogP contribution in [0.4, 0.5) is 18.0 Å². The van der Waals surface area contributed by atoms with Crippen molar-refractivity contribution in [2.24, 2.45) is 0 Å². The molecule has 10 heteroatoms. The van der Waals surface area contributed by atoms with Crippen LogP contribution >= 0.6 is 0 Å². The molecule has 0 radical (unpaired) electrons. The number of piperidine rings is 1. The second-order valence-corrected chi connectivity index (χ2v) is 10.0. The predicted molar refractivity (Wildman–Crippen MR) is 130 cm³/mol. The number of hydrogen-bond acceptors (Lipinski definition) is 5. The molecule has 2 heterocycles. The Morgan fingerprint density at radius 2 is 1.92 bits per heavy atom. The highest BCUT2D eigenvalue weighted by Crippen LogP contribution is 2.32. The summed E-state index contributed by atoms with van der Waals surface area (Å²) in [5, 5.41) is 2.80. The Morgan fingerprint density at radius 3 is 2.59 bits per heavy atom. The average molecular weight is 519 g/mol. The molecular formula is C27H29F3N2O5. The van der Waals surface area contributed by atoms with Gasteiger partial charge in [0.25, 0.3) is 11.8 Å². The van der Waals surface area contributed by atoms with Gasteiger partial charge in [0.05, 0.1) is 18.2 Å². The molecule has 4 rings (SSSR count). The topological polar surface area (TPSA) is 81.0 Å². The number of amides is 2. The number of carbonyl (C=O) groups excluding carboxylic acids is 2. The molecule has 1 unspecified atom stereocenters. The zero-order chi connectivity index (χ0) is 27.0. The molecule has 0 saturated carbocycles. The van der Waals surface area contributed by atoms with Crippen LogP contribution in [-0.2, 0) is 11.3 Å². The van der Waals surface area contributed by atoms with Gasteiger partial charge in [-0.25, -0.2) is 18.0 Å². The normalized spacial score (nSPS) is 17.5. The van der Waals surface area contributed by atoms with E-state index in [2.05, 4.69) is 5.32 Å². The van der Waals surface area contributed by atoms with Crippen molar-refractivity contribution < 1.29 is 36.7 Å². The van der Waals surface area contributed by atoms with E-state index in [0.29, 0.717) is 22.3 Å². The maximum absolute atomic E-state index is 14.9. The van der Waals surface area contributed by atoms with Crippen LogP contribution in [0, 0.1) is 12.7 Å². The Labute approximate surface area is 212 Å². The summed E-state index contributed by atoms with van der Waals surface area (Å²) in [7, 11) is 0. The van der Waals surface area contributed by atoms with E-state index in [4.69, 9.17) is 13.9 Å². The molecule has 3 aromatic rings. The number of likely N-dealkylation sites (tertiary alicyclic amines) is 1. The third-order valence-corrected chi connectivity index (χ3v) is 5.97. The van der Waals surface area contributed by atoms with E-state index in [0.717, 1.165) is 4.90 Å². The number of carbonyl (C=O) groups is 2. The lowest BCUT2D eigenvalue weighted by molar-refractivity contribution is -0.0889. The minimum absolute atomic E-state index is 0.00853. The van der Waals surface area contributed by atoms with Gasteiger partial charge >= 0.3 is 6.09 Å². The van der Waals surface area contributed by atoms with Gasteiger partial charge in [-0.15, -0.1) is 0 Å². The zero-order valence-electron chi connectivity index (χ0n) is 21.1. The van der Waals surface area contributed by atoms with Gasteiger partial charge in [-0.05, 0) is 58.4 Å². The summed E-state index contributed by atoms with van der Waals surface area (Å²) < 4.78 is 60.4. The lowest BCUT2D eigenvalue weighted by Gasteiger charge is -2.38. The van der Waals surface area contributed by atoms with Gasteiger partial charge in [-0.2, -0.15) is 0 Å². The highest BCUT2D eigenvalue weighted by Gasteiger charge is 2.47. The number of benzene rings is 2. The minimum atomic E-state index is -3.37. The van der Waals surface area contributed by atoms with E-state index >= 15 is 0 Å². The van der Waals surface area contributed by atoms with E-state index in [-0.39, 0.29) is 30.9 Å². The molecule has 2 aromatic carbocycles. The molecule has 1 atom stereocenters. The molecule has 1 aliphatic rings. The molecule has 1 N–H and O–H groups in total. The molecule has 7 nitrogen and oxygen atoms in total. The molecule has 1 aromatic heterocycles. The van der Waals surface area contributed by atoms with Crippen LogP contribution in [-0.4, -0.2) is 47.6 Å². The molecule has 1 aliphatic heterocycles. The van der Waals surface area contributed by atoms with Gasteiger partial charge in [0.15, 0.2) is 0 Å². The fraction of sp³-hybridized carbons (Fsp3) is 0.407. The summed E-state index contributed by atoms with van der Waals surface area (Å²) in [5.74, 6) is -3.87. The van der Waals surface area contributed by atoms with E-state index in [1.807, 2.05) is 0 Å². The lowest BCUT2D eigenvalue weighted by Crippen LogP contribution is -2.59. The standard InChI is InChI=1S/C27H29F3N2O5/c1-16-23(19-13-18(9-10-21(19)36-16)35-14-17-7-5-6-8-20(17)28)24(33)31-22-11-12-32(15-27(22,29)30)25(34)37-26(2,3)4/h5-10,13,22H,11-12,14-15H2,1-4H3,(H,31,33). The fourth-order valence-electron chi connectivity index (χ4n) is 4.18. The van der Waals surface area contributed by atoms with Crippen molar-refractivity contribution in [2.75, 3.05) is 13.1 Å². The minimum Gasteiger partial charge on any atom is -0.489 e. The van der Waals surface area contributed by atoms with Crippen LogP contribution < -0.4 is 10.1 Å². The number of aryl methyl sites for hydroxylation is 1. The maximum atomic E-state index is 14.9. The third-order valence-electron chi connectivity index (χ3n) is 5.97. The molecule has 37 heavy (non-hydrogen) atoms. The van der Waals surface area contributed by atoms with Gasteiger partial charge in [0.2, 0.25) is 0 Å². The second-order valence-electron chi connectivity index (χ2n) is 10.0. The van der Waals surface area contributed by atoms with Crippen LogP contribution in [0.2, 0.25) is 0 Å². The number of halogens is 3. The first kappa shape index (κ1) is 26.4. The number of alkyl halides is 2. The van der Waals surface area contributed by atoms with Crippen molar-refractivity contribution >= 4 is 23.0 Å². The number of hydrogen-bond donors (Lipinski definition) is 1. The van der Waals surface area contributed by atoms with Crippen molar-refractivity contribution in [3.05, 3.63) is 65.2 Å². The smallest absolute Gasteiger partial charge is 0.410 e. The average Bonchev–Trinajstić information content (AvgIpc) is 3.13. The summed E-state index contributed by atoms with van der Waals surface area (Å²) in [6.07, 6.45) is -0.972. The molecule has 0 aliphatic carbocycles. The molecule has 2 amide bonds. The zero-order valence-corrected chi connectivity index (χ0v) is 21.1. The predicted octanol–water partition coefficient (Wildman–Crippen LogP) is 5.83. The van der Waals surface area contributed by atoms with Gasteiger partial charge in [-0.3, -0.25) is 4.79 Å². The Hall–Kier alpha value is -3.69. The van der Waals surface area contributed by atoms with E-state index in [9.17, 15) is 22.8 Å². The van der Waals surface area contributed by atoms with E-state index < -0.39 is 41.9 Å². The van der Waals surface area contributed by atoms with Gasteiger partial charge in [0, 0.05) is 17.5 Å². The first-order valence-corrected chi connectivity index (χ1v) is 11.9. The van der Waals surface area contributed by atoms with E-state index in [1.54, 1.807) is 64.1 Å². The monoisotopic (exact) mass is 518 g/mol. The van der Waals surface area contributed by atoms with Gasteiger partial charge in [-0.1, -0.05) is 18.2 Å². The quantitative estimate of drug-likeness (QED) is 0.460. The highest BCUT2D eigenvalue weighted by atomic mass is 19.3. The Kier molecular flexibility index (Phi) is 7.12. The van der Waals surface area contributed by atoms with Crippen LogP contribution in [0.3, 0.4) is 0 Å². The summed E-state index contributed by atoms with van der Waals surface area (Å²) in [5.41, 5.74) is 0.0442. The van der Waals surface area contributed by atoms with Crippen molar-refractivity contribution in [3.63, 3.8) is 0 Å². The first-order valence-electron chi connectivity index (χ1n) is 11.9. The summed E-state index contributed by atoms with van der Waals surface area (Å²) in [6, 6.07) is 9.50. The largest absolute Gasteiger partial charge is 0.489 e. The summed E-state index contributed by atoms with van der Waals surface area (Å²) >= 11 is 0. The molecule has 1 saturated heterocycles. The number of ether oxygens (including phenoxy) is 2. The third kappa shape index (κ3) is 6.00. The Bertz CT molecular complexity index is 1320. The van der Waals surface area contributed by atoms with Crippen LogP contribution in [0.25, 0.3) is 11.0 Å². The molecule has 0 spiro atoms. The first-order chi connectivity index (χ1) is 17.3. The van der Waals surface area contributed by atoms with E-state index in [1.165, 1.54) is 6.07 Å². The lowest BCUT2D eigenvalue weighted by atomic mass is 10.00. The summed E-state index contributed by atoms with van der Waals surface area (Å²) in [4.78, 5) is 26.3. The Balaban J connectivity index is 1.48. The number of furan rings is 1. The van der Waals surface area contributed by atoms with Crippen LogP contribution in [0.1, 0.15) is 48.9 Å². The number of nitrogens with zero attached hydrogens (tertiary/aromatic N) is 1. The fourth-order valence-corrected chi connectivity index (χ4v) is 4.18. The van der Waals surface area contributed by atoms with Crippen molar-refractivity contribution in [3.8, 4) is 5.75 Å². The van der Waals surface area contributed by atoms with Crippen molar-refractivity contribution in [1.29, 1.82) is 0 Å². The number of rotatable bonds is 5. The molecule has 0 bridgehead atoms. The number of fused-ring (bicyclic) bond motifs is 1. The van der Waals surface area contributed by atoms with Gasteiger partial charge in [0.1, 0.15) is 35.1 Å². The number of nitrogens with one attached hydrogen (secondary N) is 1. The Morgan fingerprint density at radius 1 is 1.19 bits per heavy atom. The van der Waals surface area contributed by atoms with Crippen LogP contribution in [0.15, 0.2) is 46.9 Å². The van der Waals surface area contributed by atoms with Crippen LogP contribution in [0.5, 0.6) is 5.75 Å². The van der Waals surface area contributed by atoms with Crippen molar-refractivity contribution in [2.45, 2.75) is 58.3 Å². The maximum Gasteiger partial charge on any atom is 0.410 e. The highest BCUT2D eigenvalue weighted by molar-refractivity contribution is 6.07. The second kappa shape index (κ2) is 9.99. The molecule has 1 fully saturated rings. The molecule has 198 valence electrons. The summed E-state index contributed by atoms with van der Waals surface area (Å²) in [6.45, 7) is 5.65. The molecular weight excluding hydrogens is 489 g/mol. The van der Waals surface area contributed by atoms with Gasteiger partial charge < -0.3 is 24.1 Å². The van der Waals surface area contributed by atoms with Crippen molar-refractivity contribution in [1.82, 2.24) is 10.2 Å².